The molecule has 1 spiro atoms. The number of imide groups is 2. The number of aromatic amines is 1. The Morgan fingerprint density at radius 1 is 0.892 bits per heavy atom. The van der Waals surface area contributed by atoms with E-state index in [2.05, 4.69) is 30.8 Å². The molecule has 11 heteroatoms. The molecule has 4 aromatic rings. The molecular formula is C26H21N7O4. The largest absolute Gasteiger partial charge is 0.439 e. The molecule has 0 aliphatic carbocycles. The Bertz CT molecular complexity index is 1460. The van der Waals surface area contributed by atoms with E-state index in [0.29, 0.717) is 36.7 Å². The molecule has 0 atom stereocenters. The van der Waals surface area contributed by atoms with Crippen molar-refractivity contribution in [1.82, 2.24) is 30.8 Å². The number of anilines is 1. The number of carbonyl (C=O) groups is 3. The number of H-pyrrole nitrogens is 1. The summed E-state index contributed by atoms with van der Waals surface area (Å²) in [6.07, 6.45) is 4.21. The molecule has 4 amide bonds. The van der Waals surface area contributed by atoms with Crippen LogP contribution in [0, 0.1) is 0 Å². The van der Waals surface area contributed by atoms with Gasteiger partial charge >= 0.3 is 6.03 Å². The maximum atomic E-state index is 12.6. The van der Waals surface area contributed by atoms with Gasteiger partial charge in [0.1, 0.15) is 11.4 Å². The summed E-state index contributed by atoms with van der Waals surface area (Å²) in [7, 11) is 0. The van der Waals surface area contributed by atoms with Crippen LogP contribution in [-0.2, 0) is 9.59 Å². The first kappa shape index (κ1) is 22.4. The highest BCUT2D eigenvalue weighted by atomic mass is 16.5. The third kappa shape index (κ3) is 3.96. The van der Waals surface area contributed by atoms with Crippen LogP contribution in [0.2, 0.25) is 0 Å². The Morgan fingerprint density at radius 2 is 1.70 bits per heavy atom. The maximum absolute atomic E-state index is 12.6. The molecule has 37 heavy (non-hydrogen) atoms. The van der Waals surface area contributed by atoms with Crippen molar-refractivity contribution in [2.24, 2.45) is 0 Å². The molecule has 2 fully saturated rings. The summed E-state index contributed by atoms with van der Waals surface area (Å²) in [5.74, 6) is -0.292. The number of barbiturate groups is 1. The summed E-state index contributed by atoms with van der Waals surface area (Å²) in [5, 5.41) is 11.8. The first-order chi connectivity index (χ1) is 18.0. The number of aromatic nitrogens is 4. The van der Waals surface area contributed by atoms with Gasteiger partial charge in [0.15, 0.2) is 5.54 Å². The van der Waals surface area contributed by atoms with Crippen LogP contribution < -0.4 is 20.3 Å². The number of hydrogen-bond acceptors (Lipinski definition) is 8. The number of rotatable bonds is 5. The monoisotopic (exact) mass is 495 g/mol. The minimum absolute atomic E-state index is 0.308. The van der Waals surface area contributed by atoms with E-state index in [1.165, 1.54) is 0 Å². The van der Waals surface area contributed by atoms with E-state index in [0.717, 1.165) is 22.6 Å². The predicted octanol–water partition coefficient (Wildman–Crippen LogP) is 3.03. The quantitative estimate of drug-likeness (QED) is 0.359. The number of nitrogens with one attached hydrogen (secondary N) is 3. The Hall–Kier alpha value is -5.06. The van der Waals surface area contributed by atoms with Gasteiger partial charge in [0.2, 0.25) is 5.88 Å². The summed E-state index contributed by atoms with van der Waals surface area (Å²) < 4.78 is 5.89. The fourth-order valence-corrected chi connectivity index (χ4v) is 4.72. The maximum Gasteiger partial charge on any atom is 0.328 e. The molecule has 184 valence electrons. The number of carbonyl (C=O) groups excluding carboxylic acids is 3. The highest BCUT2D eigenvalue weighted by molar-refractivity contribution is 6.24. The van der Waals surface area contributed by atoms with Crippen molar-refractivity contribution in [1.29, 1.82) is 0 Å². The van der Waals surface area contributed by atoms with Gasteiger partial charge in [-0.3, -0.25) is 30.3 Å². The van der Waals surface area contributed by atoms with E-state index in [9.17, 15) is 14.4 Å². The van der Waals surface area contributed by atoms with Crippen LogP contribution in [0.1, 0.15) is 12.8 Å². The van der Waals surface area contributed by atoms with Gasteiger partial charge < -0.3 is 9.64 Å². The first-order valence-electron chi connectivity index (χ1n) is 11.7. The normalized spacial score (nSPS) is 16.5. The Balaban J connectivity index is 1.16. The first-order valence-corrected chi connectivity index (χ1v) is 11.7. The van der Waals surface area contributed by atoms with Gasteiger partial charge in [0.05, 0.1) is 23.3 Å². The molecule has 1 aromatic carbocycles. The molecule has 3 N–H and O–H groups in total. The molecule has 3 aromatic heterocycles. The lowest BCUT2D eigenvalue weighted by Crippen LogP contribution is -2.71. The topological polar surface area (TPSA) is 142 Å². The van der Waals surface area contributed by atoms with Crippen LogP contribution in [-0.4, -0.2) is 50.1 Å². The van der Waals surface area contributed by atoms with Crippen molar-refractivity contribution in [3.63, 3.8) is 0 Å². The lowest BCUT2D eigenvalue weighted by atomic mass is 9.92. The van der Waals surface area contributed by atoms with Crippen molar-refractivity contribution in [3.05, 3.63) is 73.1 Å². The van der Waals surface area contributed by atoms with Crippen molar-refractivity contribution >= 4 is 23.5 Å². The lowest BCUT2D eigenvalue weighted by molar-refractivity contribution is -0.137. The second-order valence-electron chi connectivity index (χ2n) is 8.72. The summed E-state index contributed by atoms with van der Waals surface area (Å²) in [6.45, 7) is 0.480. The number of urea groups is 1. The predicted molar refractivity (Wildman–Crippen MR) is 133 cm³/mol. The second-order valence-corrected chi connectivity index (χ2v) is 8.72. The van der Waals surface area contributed by atoms with Crippen molar-refractivity contribution < 1.29 is 19.1 Å². The third-order valence-corrected chi connectivity index (χ3v) is 6.51. The molecule has 2 aliphatic rings. The summed E-state index contributed by atoms with van der Waals surface area (Å²) in [4.78, 5) is 47.2. The Morgan fingerprint density at radius 3 is 2.41 bits per heavy atom. The fourth-order valence-electron chi connectivity index (χ4n) is 4.72. The van der Waals surface area contributed by atoms with Crippen LogP contribution in [0.5, 0.6) is 11.6 Å². The van der Waals surface area contributed by atoms with Gasteiger partial charge in [-0.05, 0) is 66.9 Å². The average molecular weight is 495 g/mol. The van der Waals surface area contributed by atoms with E-state index in [1.54, 1.807) is 29.4 Å². The number of ether oxygens (including phenoxy) is 1. The van der Waals surface area contributed by atoms with Crippen LogP contribution in [0.15, 0.2) is 73.1 Å². The minimum Gasteiger partial charge on any atom is -0.439 e. The number of pyridine rings is 2. The van der Waals surface area contributed by atoms with E-state index < -0.39 is 23.4 Å². The second kappa shape index (κ2) is 8.86. The van der Waals surface area contributed by atoms with Gasteiger partial charge in [-0.25, -0.2) is 9.78 Å². The smallest absolute Gasteiger partial charge is 0.328 e. The van der Waals surface area contributed by atoms with Crippen LogP contribution >= 0.6 is 0 Å². The molecule has 6 rings (SSSR count). The highest BCUT2D eigenvalue weighted by Gasteiger charge is 2.57. The summed E-state index contributed by atoms with van der Waals surface area (Å²) in [6, 6.07) is 17.7. The van der Waals surface area contributed by atoms with Crippen molar-refractivity contribution in [2.45, 2.75) is 18.4 Å². The zero-order valence-corrected chi connectivity index (χ0v) is 19.5. The number of benzene rings is 1. The van der Waals surface area contributed by atoms with Crippen molar-refractivity contribution in [3.8, 4) is 34.3 Å². The van der Waals surface area contributed by atoms with Crippen LogP contribution in [0.4, 0.5) is 10.5 Å². The molecule has 0 saturated carbocycles. The summed E-state index contributed by atoms with van der Waals surface area (Å²) in [5.41, 5.74) is 2.46. The molecule has 0 radical (unpaired) electrons. The SMILES string of the molecule is O=C1NC(=O)C2(CCCN2c2ccc(Oc3ccc(-c4cc(-c5ccccn5)n[nH]4)cc3)nc2)C(=O)N1. The summed E-state index contributed by atoms with van der Waals surface area (Å²) >= 11 is 0. The van der Waals surface area contributed by atoms with Gasteiger partial charge in [0, 0.05) is 18.8 Å². The van der Waals surface area contributed by atoms with E-state index >= 15 is 0 Å². The minimum atomic E-state index is -1.46. The lowest BCUT2D eigenvalue weighted by Gasteiger charge is -2.38. The Kier molecular flexibility index (Phi) is 5.37. The van der Waals surface area contributed by atoms with Crippen LogP contribution in [0.25, 0.3) is 22.6 Å². The molecule has 2 saturated heterocycles. The average Bonchev–Trinajstić information content (AvgIpc) is 3.58. The van der Waals surface area contributed by atoms with Crippen LogP contribution in [0.3, 0.4) is 0 Å². The third-order valence-electron chi connectivity index (χ3n) is 6.51. The number of nitrogens with zero attached hydrogens (tertiary/aromatic N) is 4. The van der Waals surface area contributed by atoms with Gasteiger partial charge in [-0.15, -0.1) is 0 Å². The van der Waals surface area contributed by atoms with Gasteiger partial charge in [-0.1, -0.05) is 6.07 Å². The zero-order valence-electron chi connectivity index (χ0n) is 19.5. The molecule has 11 nitrogen and oxygen atoms in total. The molecule has 0 bridgehead atoms. The number of amides is 4. The van der Waals surface area contributed by atoms with E-state index in [1.807, 2.05) is 48.5 Å². The molecular weight excluding hydrogens is 474 g/mol. The molecule has 0 unspecified atom stereocenters. The molecule has 5 heterocycles. The Labute approximate surface area is 210 Å². The van der Waals surface area contributed by atoms with Gasteiger partial charge in [-0.2, -0.15) is 5.10 Å². The van der Waals surface area contributed by atoms with E-state index in [4.69, 9.17) is 4.74 Å². The van der Waals surface area contributed by atoms with Crippen molar-refractivity contribution in [2.75, 3.05) is 11.4 Å². The standard InChI is InChI=1S/C26H21N7O4/c34-23-26(24(35)30-25(36)29-23)11-3-13-33(26)17-7-10-22(28-15-17)37-18-8-5-16(6-9-18)20-14-21(32-31-20)19-4-1-2-12-27-19/h1-2,4-10,12,14-15H,3,11,13H2,(H,31,32)(H2,29,30,34,35,36). The molecule has 2 aliphatic heterocycles. The zero-order chi connectivity index (χ0) is 25.4. The van der Waals surface area contributed by atoms with Gasteiger partial charge in [0.25, 0.3) is 11.8 Å². The number of hydrogen-bond donors (Lipinski definition) is 3. The van der Waals surface area contributed by atoms with E-state index in [-0.39, 0.29) is 0 Å². The fraction of sp³-hybridized carbons (Fsp3) is 0.154. The highest BCUT2D eigenvalue weighted by Crippen LogP contribution is 2.36.